The number of rotatable bonds is 7. The van der Waals surface area contributed by atoms with Crippen molar-refractivity contribution in [3.05, 3.63) is 58.1 Å². The number of esters is 1. The Morgan fingerprint density at radius 3 is 2.24 bits per heavy atom. The Bertz CT molecular complexity index is 725. The number of ether oxygens (including phenoxy) is 1. The van der Waals surface area contributed by atoms with Crippen LogP contribution in [-0.4, -0.2) is 11.9 Å². The molecule has 2 rings (SSSR count). The van der Waals surface area contributed by atoms with Gasteiger partial charge >= 0.3 is 5.97 Å². The molecule has 6 heteroatoms. The van der Waals surface area contributed by atoms with Crippen molar-refractivity contribution in [1.29, 1.82) is 0 Å². The Hall–Kier alpha value is -2.04. The molecule has 0 saturated carbocycles. The van der Waals surface area contributed by atoms with Crippen molar-refractivity contribution < 1.29 is 14.3 Å². The summed E-state index contributed by atoms with van der Waals surface area (Å²) in [6, 6.07) is 11.1. The average Bonchev–Trinajstić information content (AvgIpc) is 2.54. The average molecular weight is 380 g/mol. The summed E-state index contributed by atoms with van der Waals surface area (Å²) in [5.74, 6) is -0.285. The fraction of sp³-hybridized carbons (Fsp3) is 0.263. The van der Waals surface area contributed by atoms with Crippen molar-refractivity contribution in [2.75, 3.05) is 5.32 Å². The van der Waals surface area contributed by atoms with Crippen LogP contribution in [0.4, 0.5) is 5.69 Å². The Balaban J connectivity index is 1.94. The fourth-order valence-corrected chi connectivity index (χ4v) is 2.71. The summed E-state index contributed by atoms with van der Waals surface area (Å²) >= 11 is 11.8. The summed E-state index contributed by atoms with van der Waals surface area (Å²) in [4.78, 5) is 23.9. The molecule has 0 aliphatic carbocycles. The van der Waals surface area contributed by atoms with E-state index in [0.717, 1.165) is 19.3 Å². The number of carbonyl (C=O) groups is 2. The zero-order valence-corrected chi connectivity index (χ0v) is 15.4. The summed E-state index contributed by atoms with van der Waals surface area (Å²) < 4.78 is 5.25. The zero-order valence-electron chi connectivity index (χ0n) is 13.9. The van der Waals surface area contributed by atoms with Crippen molar-refractivity contribution in [1.82, 2.24) is 0 Å². The van der Waals surface area contributed by atoms with Gasteiger partial charge in [-0.2, -0.15) is 0 Å². The maximum absolute atomic E-state index is 12.1. The molecule has 0 aromatic heterocycles. The molecule has 2 aromatic rings. The van der Waals surface area contributed by atoms with Crippen LogP contribution in [0.2, 0.25) is 10.0 Å². The molecular weight excluding hydrogens is 361 g/mol. The van der Waals surface area contributed by atoms with Crippen molar-refractivity contribution >= 4 is 40.8 Å². The van der Waals surface area contributed by atoms with E-state index in [1.165, 1.54) is 12.1 Å². The Labute approximate surface area is 157 Å². The zero-order chi connectivity index (χ0) is 18.2. The molecule has 0 radical (unpaired) electrons. The van der Waals surface area contributed by atoms with E-state index in [1.807, 2.05) is 0 Å². The van der Waals surface area contributed by atoms with Crippen LogP contribution in [0.3, 0.4) is 0 Å². The lowest BCUT2D eigenvalue weighted by Gasteiger charge is -2.07. The molecule has 0 fully saturated rings. The van der Waals surface area contributed by atoms with Gasteiger partial charge in [-0.25, -0.2) is 4.79 Å². The van der Waals surface area contributed by atoms with Gasteiger partial charge < -0.3 is 10.1 Å². The molecule has 25 heavy (non-hydrogen) atoms. The standard InChI is InChI=1S/C19H19Cl2NO3/c1-2-3-4-5-18(23)22-16-8-6-13(7-9-16)19(24)25-17-11-14(20)10-15(21)12-17/h6-12H,2-5H2,1H3,(H,22,23). The molecule has 0 heterocycles. The van der Waals surface area contributed by atoms with E-state index in [0.29, 0.717) is 27.7 Å². The minimum Gasteiger partial charge on any atom is -0.423 e. The van der Waals surface area contributed by atoms with E-state index in [9.17, 15) is 9.59 Å². The van der Waals surface area contributed by atoms with Crippen LogP contribution in [-0.2, 0) is 4.79 Å². The third kappa shape index (κ3) is 6.40. The molecule has 132 valence electrons. The number of unbranched alkanes of at least 4 members (excludes halogenated alkanes) is 2. The summed E-state index contributed by atoms with van der Waals surface area (Å²) in [5, 5.41) is 3.58. The van der Waals surface area contributed by atoms with E-state index >= 15 is 0 Å². The lowest BCUT2D eigenvalue weighted by molar-refractivity contribution is -0.116. The first-order valence-corrected chi connectivity index (χ1v) is 8.81. The van der Waals surface area contributed by atoms with Gasteiger partial charge in [-0.1, -0.05) is 43.0 Å². The first-order chi connectivity index (χ1) is 12.0. The number of benzene rings is 2. The van der Waals surface area contributed by atoms with Crippen LogP contribution in [0.15, 0.2) is 42.5 Å². The minimum atomic E-state index is -0.529. The lowest BCUT2D eigenvalue weighted by atomic mass is 10.2. The van der Waals surface area contributed by atoms with E-state index in [1.54, 1.807) is 30.3 Å². The summed E-state index contributed by atoms with van der Waals surface area (Å²) in [5.41, 5.74) is 1.00. The number of halogens is 2. The monoisotopic (exact) mass is 379 g/mol. The second kappa shape index (κ2) is 9.44. The molecule has 1 N–H and O–H groups in total. The highest BCUT2D eigenvalue weighted by molar-refractivity contribution is 6.34. The maximum atomic E-state index is 12.1. The highest BCUT2D eigenvalue weighted by atomic mass is 35.5. The molecular formula is C19H19Cl2NO3. The van der Waals surface area contributed by atoms with E-state index in [-0.39, 0.29) is 11.7 Å². The molecule has 0 aliphatic heterocycles. The van der Waals surface area contributed by atoms with Crippen LogP contribution in [0.25, 0.3) is 0 Å². The minimum absolute atomic E-state index is 0.0302. The number of anilines is 1. The van der Waals surface area contributed by atoms with Gasteiger partial charge in [0.15, 0.2) is 0 Å². The summed E-state index contributed by atoms with van der Waals surface area (Å²) in [7, 11) is 0. The van der Waals surface area contributed by atoms with Gasteiger partial charge in [0, 0.05) is 22.2 Å². The Morgan fingerprint density at radius 1 is 1.00 bits per heavy atom. The molecule has 0 spiro atoms. The van der Waals surface area contributed by atoms with E-state index in [4.69, 9.17) is 27.9 Å². The van der Waals surface area contributed by atoms with Crippen LogP contribution < -0.4 is 10.1 Å². The van der Waals surface area contributed by atoms with Gasteiger partial charge in [-0.3, -0.25) is 4.79 Å². The SMILES string of the molecule is CCCCCC(=O)Nc1ccc(C(=O)Oc2cc(Cl)cc(Cl)c2)cc1. The van der Waals surface area contributed by atoms with Crippen molar-refractivity contribution in [3.8, 4) is 5.75 Å². The van der Waals surface area contributed by atoms with Crippen molar-refractivity contribution in [3.63, 3.8) is 0 Å². The lowest BCUT2D eigenvalue weighted by Crippen LogP contribution is -2.12. The molecule has 0 aliphatic rings. The number of hydrogen-bond donors (Lipinski definition) is 1. The third-order valence-corrected chi connectivity index (χ3v) is 3.89. The number of hydrogen-bond acceptors (Lipinski definition) is 3. The van der Waals surface area contributed by atoms with Gasteiger partial charge in [-0.05, 0) is 48.9 Å². The smallest absolute Gasteiger partial charge is 0.343 e. The predicted octanol–water partition coefficient (Wildman–Crippen LogP) is 5.73. The molecule has 4 nitrogen and oxygen atoms in total. The fourth-order valence-electron chi connectivity index (χ4n) is 2.20. The molecule has 2 aromatic carbocycles. The topological polar surface area (TPSA) is 55.4 Å². The predicted molar refractivity (Wildman–Crippen MR) is 101 cm³/mol. The molecule has 0 saturated heterocycles. The molecule has 0 unspecified atom stereocenters. The normalized spacial score (nSPS) is 10.4. The Kier molecular flexibility index (Phi) is 7.29. The van der Waals surface area contributed by atoms with Crippen molar-refractivity contribution in [2.24, 2.45) is 0 Å². The van der Waals surface area contributed by atoms with Gasteiger partial charge in [0.1, 0.15) is 5.75 Å². The second-order valence-electron chi connectivity index (χ2n) is 5.58. The number of carbonyl (C=O) groups excluding carboxylic acids is 2. The first-order valence-electron chi connectivity index (χ1n) is 8.06. The van der Waals surface area contributed by atoms with Gasteiger partial charge in [-0.15, -0.1) is 0 Å². The second-order valence-corrected chi connectivity index (χ2v) is 6.45. The maximum Gasteiger partial charge on any atom is 0.343 e. The van der Waals surface area contributed by atoms with Gasteiger partial charge in [0.25, 0.3) is 0 Å². The summed E-state index contributed by atoms with van der Waals surface area (Å²) in [6.07, 6.45) is 3.47. The quantitative estimate of drug-likeness (QED) is 0.379. The molecule has 0 atom stereocenters. The molecule has 1 amide bonds. The summed E-state index contributed by atoms with van der Waals surface area (Å²) in [6.45, 7) is 2.09. The largest absolute Gasteiger partial charge is 0.423 e. The van der Waals surface area contributed by atoms with Crippen LogP contribution in [0, 0.1) is 0 Å². The number of amides is 1. The Morgan fingerprint density at radius 2 is 1.64 bits per heavy atom. The van der Waals surface area contributed by atoms with Crippen LogP contribution in [0.1, 0.15) is 43.0 Å². The first kappa shape index (κ1) is 19.3. The van der Waals surface area contributed by atoms with E-state index in [2.05, 4.69) is 12.2 Å². The van der Waals surface area contributed by atoms with Crippen LogP contribution in [0.5, 0.6) is 5.75 Å². The van der Waals surface area contributed by atoms with Gasteiger partial charge in [0.2, 0.25) is 5.91 Å². The van der Waals surface area contributed by atoms with Crippen LogP contribution >= 0.6 is 23.2 Å². The molecule has 0 bridgehead atoms. The highest BCUT2D eigenvalue weighted by Gasteiger charge is 2.10. The van der Waals surface area contributed by atoms with E-state index < -0.39 is 5.97 Å². The van der Waals surface area contributed by atoms with Crippen molar-refractivity contribution in [2.45, 2.75) is 32.6 Å². The number of nitrogens with one attached hydrogen (secondary N) is 1. The van der Waals surface area contributed by atoms with Gasteiger partial charge in [0.05, 0.1) is 5.56 Å². The highest BCUT2D eigenvalue weighted by Crippen LogP contribution is 2.25. The third-order valence-electron chi connectivity index (χ3n) is 3.46.